The van der Waals surface area contributed by atoms with Gasteiger partial charge in [-0.2, -0.15) is 0 Å². The van der Waals surface area contributed by atoms with Gasteiger partial charge in [-0.3, -0.25) is 4.79 Å². The van der Waals surface area contributed by atoms with E-state index in [1.807, 2.05) is 4.90 Å². The minimum atomic E-state index is -3.72. The van der Waals surface area contributed by atoms with Crippen molar-refractivity contribution in [3.8, 4) is 5.75 Å². The third kappa shape index (κ3) is 6.48. The second-order valence-corrected chi connectivity index (χ2v) is 12.4. The number of carbonyl (C=O) groups excluding carboxylic acids is 1. The van der Waals surface area contributed by atoms with E-state index in [0.717, 1.165) is 50.8 Å². The first-order valence-electron chi connectivity index (χ1n) is 13.1. The standard InChI is InChI=1S/C27H39N3O5S/c1-20(2)16-30-23(15-28-27(30)36(32,33)19-21-8-6-11-24(14-21)34-3)17-29(18-25-12-7-13-35-25)26(31)22-9-4-5-10-22/h6,8,11,14-15,20,22,25H,4-5,7,9-10,12-13,16-19H2,1-3H3/t25-/m1/s1. The third-order valence-corrected chi connectivity index (χ3v) is 8.63. The van der Waals surface area contributed by atoms with Crippen LogP contribution in [0.2, 0.25) is 0 Å². The summed E-state index contributed by atoms with van der Waals surface area (Å²) < 4.78 is 39.9. The van der Waals surface area contributed by atoms with Gasteiger partial charge in [0.05, 0.1) is 37.4 Å². The molecule has 2 heterocycles. The highest BCUT2D eigenvalue weighted by Crippen LogP contribution is 2.29. The van der Waals surface area contributed by atoms with Crippen LogP contribution in [0.3, 0.4) is 0 Å². The highest BCUT2D eigenvalue weighted by atomic mass is 32.2. The third-order valence-electron chi connectivity index (χ3n) is 7.04. The molecule has 1 aromatic heterocycles. The van der Waals surface area contributed by atoms with E-state index < -0.39 is 9.84 Å². The number of ether oxygens (including phenoxy) is 2. The lowest BCUT2D eigenvalue weighted by Crippen LogP contribution is -2.40. The van der Waals surface area contributed by atoms with E-state index in [9.17, 15) is 13.2 Å². The average Bonchev–Trinajstić information content (AvgIpc) is 3.61. The molecule has 1 atom stereocenters. The Morgan fingerprint density at radius 3 is 2.67 bits per heavy atom. The SMILES string of the molecule is COc1cccc(CS(=O)(=O)c2ncc(CN(C[C@H]3CCCO3)C(=O)C3CCCC3)n2CC(C)C)c1. The lowest BCUT2D eigenvalue weighted by atomic mass is 10.1. The molecule has 2 aliphatic rings. The fourth-order valence-corrected chi connectivity index (χ4v) is 6.75. The minimum Gasteiger partial charge on any atom is -0.497 e. The number of carbonyl (C=O) groups is 1. The van der Waals surface area contributed by atoms with Crippen LogP contribution in [-0.2, 0) is 38.2 Å². The molecule has 0 bridgehead atoms. The van der Waals surface area contributed by atoms with Gasteiger partial charge in [-0.15, -0.1) is 0 Å². The number of hydrogen-bond donors (Lipinski definition) is 0. The Balaban J connectivity index is 1.62. The number of nitrogens with zero attached hydrogens (tertiary/aromatic N) is 3. The minimum absolute atomic E-state index is 0.0353. The van der Waals surface area contributed by atoms with Crippen molar-refractivity contribution in [3.05, 3.63) is 41.7 Å². The molecule has 1 aromatic carbocycles. The topological polar surface area (TPSA) is 90.7 Å². The number of methoxy groups -OCH3 is 1. The molecular formula is C27H39N3O5S. The van der Waals surface area contributed by atoms with Gasteiger partial charge in [0.15, 0.2) is 0 Å². The highest BCUT2D eigenvalue weighted by molar-refractivity contribution is 7.90. The van der Waals surface area contributed by atoms with Gasteiger partial charge in [0.2, 0.25) is 20.9 Å². The van der Waals surface area contributed by atoms with Crippen molar-refractivity contribution < 1.29 is 22.7 Å². The summed E-state index contributed by atoms with van der Waals surface area (Å²) in [5, 5.41) is 0.0550. The average molecular weight is 518 g/mol. The Labute approximate surface area is 214 Å². The molecule has 36 heavy (non-hydrogen) atoms. The van der Waals surface area contributed by atoms with Gasteiger partial charge in [0.25, 0.3) is 0 Å². The van der Waals surface area contributed by atoms with E-state index >= 15 is 0 Å². The highest BCUT2D eigenvalue weighted by Gasteiger charge is 2.32. The summed E-state index contributed by atoms with van der Waals surface area (Å²) in [6.45, 7) is 6.21. The summed E-state index contributed by atoms with van der Waals surface area (Å²) in [5.74, 6) is 0.856. The molecule has 8 nitrogen and oxygen atoms in total. The van der Waals surface area contributed by atoms with Crippen molar-refractivity contribution in [1.82, 2.24) is 14.5 Å². The molecule has 1 aliphatic carbocycles. The van der Waals surface area contributed by atoms with Crippen LogP contribution >= 0.6 is 0 Å². The summed E-state index contributed by atoms with van der Waals surface area (Å²) in [7, 11) is -2.16. The molecule has 1 aliphatic heterocycles. The van der Waals surface area contributed by atoms with Crippen LogP contribution < -0.4 is 4.74 Å². The molecule has 0 unspecified atom stereocenters. The van der Waals surface area contributed by atoms with Gasteiger partial charge in [-0.1, -0.05) is 38.8 Å². The maximum atomic E-state index is 13.5. The molecule has 1 saturated carbocycles. The van der Waals surface area contributed by atoms with Crippen LogP contribution in [0.25, 0.3) is 0 Å². The van der Waals surface area contributed by atoms with Crippen LogP contribution in [0.4, 0.5) is 0 Å². The normalized spacial score (nSPS) is 18.7. The van der Waals surface area contributed by atoms with Crippen LogP contribution in [0.1, 0.15) is 63.6 Å². The second-order valence-electron chi connectivity index (χ2n) is 10.5. The molecule has 2 fully saturated rings. The van der Waals surface area contributed by atoms with Crippen LogP contribution in [0.5, 0.6) is 5.75 Å². The zero-order valence-corrected chi connectivity index (χ0v) is 22.5. The number of hydrogen-bond acceptors (Lipinski definition) is 6. The number of benzene rings is 1. The van der Waals surface area contributed by atoms with Crippen LogP contribution in [-0.4, -0.2) is 55.1 Å². The molecule has 198 valence electrons. The number of amides is 1. The molecule has 9 heteroatoms. The van der Waals surface area contributed by atoms with Crippen LogP contribution in [0, 0.1) is 11.8 Å². The van der Waals surface area contributed by atoms with Crippen molar-refractivity contribution in [3.63, 3.8) is 0 Å². The maximum Gasteiger partial charge on any atom is 0.228 e. The summed E-state index contributed by atoms with van der Waals surface area (Å²) in [6, 6.07) is 7.09. The van der Waals surface area contributed by atoms with E-state index in [0.29, 0.717) is 30.9 Å². The number of aromatic nitrogens is 2. The smallest absolute Gasteiger partial charge is 0.228 e. The predicted molar refractivity (Wildman–Crippen MR) is 137 cm³/mol. The van der Waals surface area contributed by atoms with Gasteiger partial charge < -0.3 is 18.9 Å². The summed E-state index contributed by atoms with van der Waals surface area (Å²) in [6.07, 6.45) is 7.63. The van der Waals surface area contributed by atoms with Crippen molar-refractivity contribution in [2.45, 2.75) is 82.5 Å². The molecule has 2 aromatic rings. The maximum absolute atomic E-state index is 13.5. The van der Waals surface area contributed by atoms with Gasteiger partial charge in [-0.25, -0.2) is 13.4 Å². The molecular weight excluding hydrogens is 478 g/mol. The zero-order chi connectivity index (χ0) is 25.7. The largest absolute Gasteiger partial charge is 0.497 e. The molecule has 1 amide bonds. The van der Waals surface area contributed by atoms with Gasteiger partial charge in [0.1, 0.15) is 5.75 Å². The Hall–Kier alpha value is -2.39. The second kappa shape index (κ2) is 11.8. The van der Waals surface area contributed by atoms with Gasteiger partial charge in [0, 0.05) is 25.6 Å². The Kier molecular flexibility index (Phi) is 8.72. The van der Waals surface area contributed by atoms with Crippen molar-refractivity contribution in [1.29, 1.82) is 0 Å². The van der Waals surface area contributed by atoms with Crippen LogP contribution in [0.15, 0.2) is 35.6 Å². The first-order valence-corrected chi connectivity index (χ1v) is 14.7. The summed E-state index contributed by atoms with van der Waals surface area (Å²) >= 11 is 0. The number of rotatable bonds is 11. The number of imidazole rings is 1. The first-order chi connectivity index (χ1) is 17.3. The van der Waals surface area contributed by atoms with Crippen molar-refractivity contribution >= 4 is 15.7 Å². The molecule has 0 radical (unpaired) electrons. The molecule has 4 rings (SSSR count). The number of sulfone groups is 1. The monoisotopic (exact) mass is 517 g/mol. The Bertz CT molecular complexity index is 1130. The lowest BCUT2D eigenvalue weighted by molar-refractivity contribution is -0.137. The fraction of sp³-hybridized carbons (Fsp3) is 0.630. The van der Waals surface area contributed by atoms with E-state index in [1.54, 1.807) is 42.1 Å². The Morgan fingerprint density at radius 1 is 1.22 bits per heavy atom. The predicted octanol–water partition coefficient (Wildman–Crippen LogP) is 4.22. The Morgan fingerprint density at radius 2 is 2.00 bits per heavy atom. The van der Waals surface area contributed by atoms with E-state index in [1.165, 1.54) is 0 Å². The van der Waals surface area contributed by atoms with Gasteiger partial charge in [-0.05, 0) is 49.3 Å². The fourth-order valence-electron chi connectivity index (χ4n) is 5.27. The molecule has 0 N–H and O–H groups in total. The van der Waals surface area contributed by atoms with Gasteiger partial charge >= 0.3 is 0 Å². The summed E-state index contributed by atoms with van der Waals surface area (Å²) in [5.41, 5.74) is 1.39. The zero-order valence-electron chi connectivity index (χ0n) is 21.7. The molecule has 1 saturated heterocycles. The van der Waals surface area contributed by atoms with E-state index in [-0.39, 0.29) is 34.8 Å². The summed E-state index contributed by atoms with van der Waals surface area (Å²) in [4.78, 5) is 19.8. The first kappa shape index (κ1) is 26.7. The quantitative estimate of drug-likeness (QED) is 0.443. The van der Waals surface area contributed by atoms with E-state index in [2.05, 4.69) is 18.8 Å². The lowest BCUT2D eigenvalue weighted by Gasteiger charge is -2.28. The van der Waals surface area contributed by atoms with E-state index in [4.69, 9.17) is 9.47 Å². The van der Waals surface area contributed by atoms with Crippen molar-refractivity contribution in [2.24, 2.45) is 11.8 Å². The molecule has 0 spiro atoms. The van der Waals surface area contributed by atoms with Crippen molar-refractivity contribution in [2.75, 3.05) is 20.3 Å².